The van der Waals surface area contributed by atoms with Crippen LogP contribution in [0.1, 0.15) is 57.3 Å². The second kappa shape index (κ2) is 9.67. The van der Waals surface area contributed by atoms with Crippen LogP contribution >= 0.6 is 0 Å². The molecule has 4 aromatic rings. The number of furan rings is 1. The van der Waals surface area contributed by atoms with Crippen LogP contribution < -0.4 is 10.6 Å². The SMILES string of the molecule is C[C@@H](NC(=O)[C@@](C)(Cc1c[nH]c2ccccc12)NCc1cc2ccccc2o1)C1CCCCC1. The summed E-state index contributed by atoms with van der Waals surface area (Å²) < 4.78 is 6.02. The van der Waals surface area contributed by atoms with Crippen molar-refractivity contribution in [2.24, 2.45) is 5.92 Å². The number of carbonyl (C=O) groups is 1. The van der Waals surface area contributed by atoms with Crippen molar-refractivity contribution in [3.05, 3.63) is 72.1 Å². The van der Waals surface area contributed by atoms with Gasteiger partial charge in [-0.2, -0.15) is 0 Å². The van der Waals surface area contributed by atoms with Crippen molar-refractivity contribution in [1.29, 1.82) is 0 Å². The van der Waals surface area contributed by atoms with E-state index in [1.165, 1.54) is 32.1 Å². The van der Waals surface area contributed by atoms with Crippen molar-refractivity contribution < 1.29 is 9.21 Å². The molecule has 5 nitrogen and oxygen atoms in total. The van der Waals surface area contributed by atoms with E-state index in [0.717, 1.165) is 33.2 Å². The van der Waals surface area contributed by atoms with Gasteiger partial charge in [-0.1, -0.05) is 55.7 Å². The number of hydrogen-bond donors (Lipinski definition) is 3. The van der Waals surface area contributed by atoms with E-state index in [9.17, 15) is 4.79 Å². The monoisotopic (exact) mass is 457 g/mol. The lowest BCUT2D eigenvalue weighted by Crippen LogP contribution is -2.58. The molecule has 1 fully saturated rings. The van der Waals surface area contributed by atoms with Crippen LogP contribution in [-0.2, 0) is 17.8 Å². The number of H-pyrrole nitrogens is 1. The second-order valence-corrected chi connectivity index (χ2v) is 10.1. The molecule has 5 rings (SSSR count). The summed E-state index contributed by atoms with van der Waals surface area (Å²) in [5.41, 5.74) is 2.31. The van der Waals surface area contributed by atoms with Crippen LogP contribution in [0.4, 0.5) is 0 Å². The predicted molar refractivity (Wildman–Crippen MR) is 138 cm³/mol. The van der Waals surface area contributed by atoms with E-state index in [-0.39, 0.29) is 11.9 Å². The second-order valence-electron chi connectivity index (χ2n) is 10.1. The first kappa shape index (κ1) is 22.7. The standard InChI is InChI=1S/C29H35N3O2/c1-20(21-10-4-3-5-11-21)32-28(33)29(2,17-23-18-30-26-14-8-7-13-25(23)26)31-19-24-16-22-12-6-9-15-27(22)34-24/h6-9,12-16,18,20-21,30-31H,3-5,10-11,17,19H2,1-2H3,(H,32,33)/t20-,29-/m1/s1. The van der Waals surface area contributed by atoms with Crippen LogP contribution in [-0.4, -0.2) is 22.5 Å². The van der Waals surface area contributed by atoms with Gasteiger partial charge < -0.3 is 14.7 Å². The Hall–Kier alpha value is -3.05. The summed E-state index contributed by atoms with van der Waals surface area (Å²) in [6, 6.07) is 18.5. The number of para-hydroxylation sites is 2. The summed E-state index contributed by atoms with van der Waals surface area (Å²) in [5, 5.41) is 9.17. The number of aromatic nitrogens is 1. The molecular weight excluding hydrogens is 422 g/mol. The average molecular weight is 458 g/mol. The van der Waals surface area contributed by atoms with Crippen molar-refractivity contribution in [3.8, 4) is 0 Å². The first-order valence-electron chi connectivity index (χ1n) is 12.6. The summed E-state index contributed by atoms with van der Waals surface area (Å²) >= 11 is 0. The van der Waals surface area contributed by atoms with Gasteiger partial charge in [-0.25, -0.2) is 0 Å². The number of fused-ring (bicyclic) bond motifs is 2. The van der Waals surface area contributed by atoms with Crippen LogP contribution in [0, 0.1) is 5.92 Å². The molecular formula is C29H35N3O2. The lowest BCUT2D eigenvalue weighted by atomic mass is 9.84. The molecule has 2 atom stereocenters. The minimum absolute atomic E-state index is 0.0481. The maximum Gasteiger partial charge on any atom is 0.240 e. The van der Waals surface area contributed by atoms with E-state index >= 15 is 0 Å². The smallest absolute Gasteiger partial charge is 0.240 e. The number of aromatic amines is 1. The molecule has 0 spiro atoms. The zero-order valence-corrected chi connectivity index (χ0v) is 20.2. The van der Waals surface area contributed by atoms with Gasteiger partial charge in [0.2, 0.25) is 5.91 Å². The first-order chi connectivity index (χ1) is 16.5. The fourth-order valence-electron chi connectivity index (χ4n) is 5.41. The Morgan fingerprint density at radius 2 is 1.88 bits per heavy atom. The molecule has 0 radical (unpaired) electrons. The van der Waals surface area contributed by atoms with E-state index in [1.807, 2.05) is 49.5 Å². The Labute approximate surface area is 201 Å². The van der Waals surface area contributed by atoms with E-state index in [0.29, 0.717) is 18.9 Å². The molecule has 1 aliphatic carbocycles. The number of nitrogens with one attached hydrogen (secondary N) is 3. The van der Waals surface area contributed by atoms with E-state index < -0.39 is 5.54 Å². The molecule has 0 saturated heterocycles. The number of rotatable bonds is 8. The zero-order valence-electron chi connectivity index (χ0n) is 20.2. The molecule has 2 aromatic heterocycles. The molecule has 1 aliphatic rings. The van der Waals surface area contributed by atoms with Gasteiger partial charge >= 0.3 is 0 Å². The van der Waals surface area contributed by atoms with Crippen LogP contribution in [0.15, 0.2) is 65.2 Å². The molecule has 2 heterocycles. The Bertz CT molecular complexity index is 1230. The highest BCUT2D eigenvalue weighted by molar-refractivity contribution is 5.89. The van der Waals surface area contributed by atoms with Crippen molar-refractivity contribution >= 4 is 27.8 Å². The van der Waals surface area contributed by atoms with Crippen molar-refractivity contribution in [3.63, 3.8) is 0 Å². The Kier molecular flexibility index (Phi) is 6.46. The topological polar surface area (TPSA) is 70.1 Å². The van der Waals surface area contributed by atoms with Crippen LogP contribution in [0.2, 0.25) is 0 Å². The summed E-state index contributed by atoms with van der Waals surface area (Å²) in [7, 11) is 0. The van der Waals surface area contributed by atoms with Gasteiger partial charge in [0.05, 0.1) is 12.1 Å². The maximum atomic E-state index is 13.8. The average Bonchev–Trinajstić information content (AvgIpc) is 3.47. The molecule has 2 aromatic carbocycles. The Morgan fingerprint density at radius 1 is 1.12 bits per heavy atom. The molecule has 34 heavy (non-hydrogen) atoms. The van der Waals surface area contributed by atoms with Gasteiger partial charge in [0.1, 0.15) is 11.3 Å². The van der Waals surface area contributed by atoms with Gasteiger partial charge in [0, 0.05) is 34.9 Å². The number of hydrogen-bond acceptors (Lipinski definition) is 3. The highest BCUT2D eigenvalue weighted by Crippen LogP contribution is 2.28. The summed E-state index contributed by atoms with van der Waals surface area (Å²) in [6.07, 6.45) is 8.86. The molecule has 0 bridgehead atoms. The van der Waals surface area contributed by atoms with Crippen LogP contribution in [0.5, 0.6) is 0 Å². The third kappa shape index (κ3) is 4.76. The van der Waals surface area contributed by atoms with Gasteiger partial charge in [-0.15, -0.1) is 0 Å². The van der Waals surface area contributed by atoms with Gasteiger partial charge in [-0.05, 0) is 56.4 Å². The highest BCUT2D eigenvalue weighted by Gasteiger charge is 2.36. The largest absolute Gasteiger partial charge is 0.460 e. The lowest BCUT2D eigenvalue weighted by molar-refractivity contribution is -0.128. The molecule has 0 aliphatic heterocycles. The lowest BCUT2D eigenvalue weighted by Gasteiger charge is -2.34. The Balaban J connectivity index is 1.38. The molecule has 1 saturated carbocycles. The highest BCUT2D eigenvalue weighted by atomic mass is 16.3. The normalized spacial score (nSPS) is 17.6. The number of amides is 1. The summed E-state index contributed by atoms with van der Waals surface area (Å²) in [5.74, 6) is 1.44. The molecule has 0 unspecified atom stereocenters. The maximum absolute atomic E-state index is 13.8. The quantitative estimate of drug-likeness (QED) is 0.300. The molecule has 3 N–H and O–H groups in total. The van der Waals surface area contributed by atoms with Gasteiger partial charge in [-0.3, -0.25) is 10.1 Å². The molecule has 178 valence electrons. The van der Waals surface area contributed by atoms with Crippen LogP contribution in [0.3, 0.4) is 0 Å². The third-order valence-corrected chi connectivity index (χ3v) is 7.57. The van der Waals surface area contributed by atoms with E-state index in [2.05, 4.69) is 40.7 Å². The Morgan fingerprint density at radius 3 is 2.71 bits per heavy atom. The third-order valence-electron chi connectivity index (χ3n) is 7.57. The fraction of sp³-hybridized carbons (Fsp3) is 0.414. The van der Waals surface area contributed by atoms with Crippen molar-refractivity contribution in [2.45, 2.75) is 70.5 Å². The molecule has 5 heteroatoms. The van der Waals surface area contributed by atoms with E-state index in [4.69, 9.17) is 4.42 Å². The summed E-state index contributed by atoms with van der Waals surface area (Å²) in [4.78, 5) is 17.1. The van der Waals surface area contributed by atoms with Crippen LogP contribution in [0.25, 0.3) is 21.9 Å². The number of benzene rings is 2. The summed E-state index contributed by atoms with van der Waals surface area (Å²) in [6.45, 7) is 4.67. The zero-order chi connectivity index (χ0) is 23.5. The van der Waals surface area contributed by atoms with Gasteiger partial charge in [0.15, 0.2) is 0 Å². The molecule has 1 amide bonds. The fourth-order valence-corrected chi connectivity index (χ4v) is 5.41. The first-order valence-corrected chi connectivity index (χ1v) is 12.6. The number of carbonyl (C=O) groups excluding carboxylic acids is 1. The van der Waals surface area contributed by atoms with E-state index in [1.54, 1.807) is 0 Å². The van der Waals surface area contributed by atoms with Crippen molar-refractivity contribution in [2.75, 3.05) is 0 Å². The van der Waals surface area contributed by atoms with Crippen molar-refractivity contribution in [1.82, 2.24) is 15.6 Å². The predicted octanol–water partition coefficient (Wildman–Crippen LogP) is 6.09. The minimum Gasteiger partial charge on any atom is -0.460 e. The minimum atomic E-state index is -0.785. The van der Waals surface area contributed by atoms with Gasteiger partial charge in [0.25, 0.3) is 0 Å².